The van der Waals surface area contributed by atoms with Crippen LogP contribution in [0.1, 0.15) is 18.4 Å². The molecule has 26 heavy (non-hydrogen) atoms. The topological polar surface area (TPSA) is 54.0 Å². The molecular weight excluding hydrogens is 337 g/mol. The van der Waals surface area contributed by atoms with E-state index in [0.29, 0.717) is 32.5 Å². The maximum absolute atomic E-state index is 13.8. The summed E-state index contributed by atoms with van der Waals surface area (Å²) in [6.45, 7) is 5.19. The van der Waals surface area contributed by atoms with E-state index in [0.717, 1.165) is 31.7 Å². The fourth-order valence-electron chi connectivity index (χ4n) is 3.80. The van der Waals surface area contributed by atoms with Crippen LogP contribution >= 0.6 is 0 Å². The molecular formula is C19H28FN3O3. The van der Waals surface area contributed by atoms with E-state index in [1.165, 1.54) is 13.2 Å². The molecule has 0 radical (unpaired) electrons. The Balaban J connectivity index is 1.55. The van der Waals surface area contributed by atoms with Crippen LogP contribution in [-0.4, -0.2) is 74.8 Å². The van der Waals surface area contributed by atoms with E-state index in [4.69, 9.17) is 9.47 Å². The van der Waals surface area contributed by atoms with Crippen LogP contribution in [-0.2, 0) is 16.1 Å². The summed E-state index contributed by atoms with van der Waals surface area (Å²) in [5, 5.41) is 3.28. The average molecular weight is 365 g/mol. The third-order valence-corrected chi connectivity index (χ3v) is 5.47. The van der Waals surface area contributed by atoms with Gasteiger partial charge in [0, 0.05) is 39.8 Å². The largest absolute Gasteiger partial charge is 0.494 e. The van der Waals surface area contributed by atoms with Crippen LogP contribution in [0.5, 0.6) is 5.75 Å². The summed E-state index contributed by atoms with van der Waals surface area (Å²) in [5.41, 5.74) is 0.238. The van der Waals surface area contributed by atoms with Crippen LogP contribution in [0.4, 0.5) is 4.39 Å². The molecule has 0 aliphatic carbocycles. The molecule has 0 atom stereocenters. The Morgan fingerprint density at radius 3 is 2.46 bits per heavy atom. The SMILES string of the molecule is COc1ccc(CN2CCN(C(=O)C3(OC)CCNCC3)CC2)cc1F. The lowest BCUT2D eigenvalue weighted by atomic mass is 9.90. The van der Waals surface area contributed by atoms with Gasteiger partial charge >= 0.3 is 0 Å². The number of carbonyl (C=O) groups excluding carboxylic acids is 1. The molecule has 0 spiro atoms. The van der Waals surface area contributed by atoms with Crippen LogP contribution in [0.25, 0.3) is 0 Å². The second kappa shape index (κ2) is 8.33. The zero-order valence-corrected chi connectivity index (χ0v) is 15.6. The molecule has 1 N–H and O–H groups in total. The molecule has 0 bridgehead atoms. The Bertz CT molecular complexity index is 626. The van der Waals surface area contributed by atoms with Crippen LogP contribution in [0, 0.1) is 5.82 Å². The molecule has 0 unspecified atom stereocenters. The predicted molar refractivity (Wildman–Crippen MR) is 96.7 cm³/mol. The summed E-state index contributed by atoms with van der Waals surface area (Å²) in [6.07, 6.45) is 1.43. The van der Waals surface area contributed by atoms with E-state index in [-0.39, 0.29) is 17.5 Å². The minimum absolute atomic E-state index is 0.108. The van der Waals surface area contributed by atoms with Gasteiger partial charge in [-0.3, -0.25) is 9.69 Å². The fraction of sp³-hybridized carbons (Fsp3) is 0.632. The van der Waals surface area contributed by atoms with Gasteiger partial charge in [-0.1, -0.05) is 6.07 Å². The van der Waals surface area contributed by atoms with E-state index < -0.39 is 5.60 Å². The minimum atomic E-state index is -0.674. The first-order valence-electron chi connectivity index (χ1n) is 9.18. The number of nitrogens with one attached hydrogen (secondary N) is 1. The van der Waals surface area contributed by atoms with E-state index in [1.807, 2.05) is 11.0 Å². The van der Waals surface area contributed by atoms with Gasteiger partial charge in [-0.05, 0) is 43.6 Å². The molecule has 2 aliphatic rings. The number of nitrogens with zero attached hydrogens (tertiary/aromatic N) is 2. The van der Waals surface area contributed by atoms with Crippen molar-refractivity contribution in [2.45, 2.75) is 25.0 Å². The van der Waals surface area contributed by atoms with Crippen molar-refractivity contribution in [3.05, 3.63) is 29.6 Å². The lowest BCUT2D eigenvalue weighted by Gasteiger charge is -2.42. The monoisotopic (exact) mass is 365 g/mol. The molecule has 6 nitrogen and oxygen atoms in total. The molecule has 7 heteroatoms. The van der Waals surface area contributed by atoms with Crippen LogP contribution in [0.3, 0.4) is 0 Å². The molecule has 2 fully saturated rings. The van der Waals surface area contributed by atoms with Crippen molar-refractivity contribution in [1.29, 1.82) is 0 Å². The Kier molecular flexibility index (Phi) is 6.11. The summed E-state index contributed by atoms with van der Waals surface area (Å²) in [7, 11) is 3.10. The van der Waals surface area contributed by atoms with Crippen molar-refractivity contribution in [2.75, 3.05) is 53.5 Å². The van der Waals surface area contributed by atoms with Gasteiger partial charge in [0.25, 0.3) is 5.91 Å². The molecule has 0 aromatic heterocycles. The predicted octanol–water partition coefficient (Wildman–Crippen LogP) is 1.25. The standard InChI is InChI=1S/C19H28FN3O3/c1-25-17-4-3-15(13-16(17)20)14-22-9-11-23(12-10-22)18(24)19(26-2)5-7-21-8-6-19/h3-4,13,21H,5-12,14H2,1-2H3. The number of ether oxygens (including phenoxy) is 2. The Morgan fingerprint density at radius 1 is 1.19 bits per heavy atom. The second-order valence-corrected chi connectivity index (χ2v) is 6.99. The van der Waals surface area contributed by atoms with Gasteiger partial charge in [0.05, 0.1) is 7.11 Å². The number of halogens is 1. The number of piperazine rings is 1. The number of methoxy groups -OCH3 is 2. The van der Waals surface area contributed by atoms with Crippen LogP contribution < -0.4 is 10.1 Å². The smallest absolute Gasteiger partial charge is 0.254 e. The second-order valence-electron chi connectivity index (χ2n) is 6.99. The number of hydrogen-bond donors (Lipinski definition) is 1. The fourth-order valence-corrected chi connectivity index (χ4v) is 3.80. The normalized spacial score (nSPS) is 20.8. The minimum Gasteiger partial charge on any atom is -0.494 e. The average Bonchev–Trinajstić information content (AvgIpc) is 2.69. The summed E-state index contributed by atoms with van der Waals surface area (Å²) in [5.74, 6) is 0.0272. The zero-order chi connectivity index (χ0) is 18.6. The number of benzene rings is 1. The van der Waals surface area contributed by atoms with Gasteiger partial charge in [0.15, 0.2) is 11.6 Å². The van der Waals surface area contributed by atoms with Gasteiger partial charge in [0.2, 0.25) is 0 Å². The molecule has 2 saturated heterocycles. The van der Waals surface area contributed by atoms with E-state index in [1.54, 1.807) is 13.2 Å². The molecule has 2 aliphatic heterocycles. The third-order valence-electron chi connectivity index (χ3n) is 5.47. The maximum atomic E-state index is 13.8. The molecule has 3 rings (SSSR count). The first-order chi connectivity index (χ1) is 12.6. The van der Waals surface area contributed by atoms with Gasteiger partial charge in [-0.2, -0.15) is 0 Å². The molecule has 2 heterocycles. The van der Waals surface area contributed by atoms with Crippen LogP contribution in [0.15, 0.2) is 18.2 Å². The lowest BCUT2D eigenvalue weighted by molar-refractivity contribution is -0.160. The lowest BCUT2D eigenvalue weighted by Crippen LogP contribution is -2.59. The highest BCUT2D eigenvalue weighted by atomic mass is 19.1. The Hall–Kier alpha value is -1.70. The molecule has 0 saturated carbocycles. The van der Waals surface area contributed by atoms with Crippen molar-refractivity contribution in [2.24, 2.45) is 0 Å². The number of rotatable bonds is 5. The first kappa shape index (κ1) is 19.1. The van der Waals surface area contributed by atoms with Crippen molar-refractivity contribution < 1.29 is 18.7 Å². The summed E-state index contributed by atoms with van der Waals surface area (Å²) in [4.78, 5) is 17.1. The highest BCUT2D eigenvalue weighted by Crippen LogP contribution is 2.26. The quantitative estimate of drug-likeness (QED) is 0.851. The van der Waals surface area contributed by atoms with Gasteiger partial charge in [0.1, 0.15) is 5.60 Å². The van der Waals surface area contributed by atoms with Crippen molar-refractivity contribution in [1.82, 2.24) is 15.1 Å². The van der Waals surface area contributed by atoms with E-state index >= 15 is 0 Å². The molecule has 144 valence electrons. The van der Waals surface area contributed by atoms with Crippen molar-refractivity contribution >= 4 is 5.91 Å². The van der Waals surface area contributed by atoms with Crippen molar-refractivity contribution in [3.8, 4) is 5.75 Å². The molecule has 1 amide bonds. The molecule has 1 aromatic carbocycles. The van der Waals surface area contributed by atoms with Crippen LogP contribution in [0.2, 0.25) is 0 Å². The van der Waals surface area contributed by atoms with Gasteiger partial charge < -0.3 is 19.7 Å². The van der Waals surface area contributed by atoms with Gasteiger partial charge in [-0.25, -0.2) is 4.39 Å². The van der Waals surface area contributed by atoms with Crippen molar-refractivity contribution in [3.63, 3.8) is 0 Å². The third kappa shape index (κ3) is 4.00. The maximum Gasteiger partial charge on any atom is 0.254 e. The summed E-state index contributed by atoms with van der Waals surface area (Å²) in [6, 6.07) is 5.06. The highest BCUT2D eigenvalue weighted by Gasteiger charge is 2.42. The summed E-state index contributed by atoms with van der Waals surface area (Å²) < 4.78 is 24.5. The number of piperidine rings is 1. The number of amides is 1. The highest BCUT2D eigenvalue weighted by molar-refractivity contribution is 5.85. The Morgan fingerprint density at radius 2 is 1.88 bits per heavy atom. The van der Waals surface area contributed by atoms with E-state index in [2.05, 4.69) is 10.2 Å². The number of hydrogen-bond acceptors (Lipinski definition) is 5. The van der Waals surface area contributed by atoms with E-state index in [9.17, 15) is 9.18 Å². The number of carbonyl (C=O) groups is 1. The van der Waals surface area contributed by atoms with Gasteiger partial charge in [-0.15, -0.1) is 0 Å². The Labute approximate surface area is 154 Å². The zero-order valence-electron chi connectivity index (χ0n) is 15.6. The first-order valence-corrected chi connectivity index (χ1v) is 9.18. The molecule has 1 aromatic rings. The summed E-state index contributed by atoms with van der Waals surface area (Å²) >= 11 is 0.